The molecule has 1 fully saturated rings. The van der Waals surface area contributed by atoms with Gasteiger partial charge in [0.1, 0.15) is 5.69 Å². The number of nitrogens with one attached hydrogen (secondary N) is 2. The lowest BCUT2D eigenvalue weighted by Gasteiger charge is -2.32. The average Bonchev–Trinajstić information content (AvgIpc) is 2.73. The summed E-state index contributed by atoms with van der Waals surface area (Å²) >= 11 is 0. The van der Waals surface area contributed by atoms with Crippen molar-refractivity contribution in [1.82, 2.24) is 15.2 Å². The Labute approximate surface area is 131 Å². The van der Waals surface area contributed by atoms with Crippen LogP contribution in [0.4, 0.5) is 0 Å². The van der Waals surface area contributed by atoms with E-state index in [2.05, 4.69) is 10.3 Å². The smallest absolute Gasteiger partial charge is 0.270 e. The molecule has 2 N–H and O–H groups in total. The molecule has 1 saturated heterocycles. The van der Waals surface area contributed by atoms with Gasteiger partial charge in [0.2, 0.25) is 0 Å². The number of hydrogen-bond acceptors (Lipinski definition) is 3. The molecule has 0 aromatic carbocycles. The van der Waals surface area contributed by atoms with Crippen molar-refractivity contribution in [2.45, 2.75) is 39.7 Å². The van der Waals surface area contributed by atoms with Gasteiger partial charge in [0, 0.05) is 30.4 Å². The third kappa shape index (κ3) is 3.47. The zero-order valence-electron chi connectivity index (χ0n) is 13.1. The summed E-state index contributed by atoms with van der Waals surface area (Å²) in [5.41, 5.74) is 2.76. The first-order chi connectivity index (χ1) is 9.45. The summed E-state index contributed by atoms with van der Waals surface area (Å²) in [5, 5.41) is 3.23. The number of carbonyl (C=O) groups is 2. The summed E-state index contributed by atoms with van der Waals surface area (Å²) in [6.07, 6.45) is 2.11. The van der Waals surface area contributed by atoms with Gasteiger partial charge in [-0.3, -0.25) is 9.59 Å². The molecule has 1 aromatic rings. The van der Waals surface area contributed by atoms with Gasteiger partial charge in [-0.2, -0.15) is 0 Å². The Morgan fingerprint density at radius 2 is 2.00 bits per heavy atom. The van der Waals surface area contributed by atoms with Crippen LogP contribution in [0.1, 0.15) is 51.9 Å². The molecule has 0 aliphatic carbocycles. The zero-order chi connectivity index (χ0) is 14.9. The predicted molar refractivity (Wildman–Crippen MR) is 85.5 cm³/mol. The number of likely N-dealkylation sites (tertiary alicyclic amines) is 1. The van der Waals surface area contributed by atoms with Crippen LogP contribution in [0, 0.1) is 13.8 Å². The number of Topliss-reactive ketones (excluding diaryl/α,β-unsaturated/α-hetero) is 1. The van der Waals surface area contributed by atoms with Crippen LogP contribution in [-0.2, 0) is 0 Å². The number of likely N-dealkylation sites (N-methyl/N-ethyl adjacent to an activating group) is 1. The van der Waals surface area contributed by atoms with E-state index in [1.165, 1.54) is 6.92 Å². The van der Waals surface area contributed by atoms with E-state index < -0.39 is 0 Å². The summed E-state index contributed by atoms with van der Waals surface area (Å²) in [6.45, 7) is 6.72. The molecule has 1 amide bonds. The molecule has 0 radical (unpaired) electrons. The van der Waals surface area contributed by atoms with E-state index in [1.54, 1.807) is 0 Å². The Balaban J connectivity index is 0.00000220. The number of piperidine rings is 1. The molecule has 0 bridgehead atoms. The number of aryl methyl sites for hydroxylation is 1. The van der Waals surface area contributed by atoms with Crippen LogP contribution >= 0.6 is 12.4 Å². The number of rotatable bonds is 3. The Hall–Kier alpha value is -1.33. The molecule has 2 rings (SSSR count). The van der Waals surface area contributed by atoms with Crippen molar-refractivity contribution in [1.29, 1.82) is 0 Å². The number of amides is 1. The highest BCUT2D eigenvalue weighted by Gasteiger charge is 2.27. The number of aromatic nitrogens is 1. The lowest BCUT2D eigenvalue weighted by atomic mass is 10.0. The lowest BCUT2D eigenvalue weighted by molar-refractivity contribution is 0.0692. The van der Waals surface area contributed by atoms with Crippen LogP contribution in [0.15, 0.2) is 0 Å². The molecule has 1 unspecified atom stereocenters. The molecule has 5 nitrogen and oxygen atoms in total. The predicted octanol–water partition coefficient (Wildman–Crippen LogP) is 2.08. The van der Waals surface area contributed by atoms with Crippen LogP contribution in [0.3, 0.4) is 0 Å². The maximum atomic E-state index is 12.6. The fourth-order valence-electron chi connectivity index (χ4n) is 3.05. The third-order valence-corrected chi connectivity index (χ3v) is 4.12. The van der Waals surface area contributed by atoms with Crippen molar-refractivity contribution in [3.05, 3.63) is 22.5 Å². The molecule has 1 aliphatic heterocycles. The second kappa shape index (κ2) is 7.09. The Morgan fingerprint density at radius 3 is 2.52 bits per heavy atom. The topological polar surface area (TPSA) is 65.2 Å². The van der Waals surface area contributed by atoms with Gasteiger partial charge in [0.05, 0.1) is 0 Å². The number of H-pyrrole nitrogens is 1. The van der Waals surface area contributed by atoms with Crippen molar-refractivity contribution in [2.75, 3.05) is 20.1 Å². The summed E-state index contributed by atoms with van der Waals surface area (Å²) in [4.78, 5) is 29.2. The van der Waals surface area contributed by atoms with Gasteiger partial charge in [0.25, 0.3) is 5.91 Å². The van der Waals surface area contributed by atoms with E-state index in [9.17, 15) is 9.59 Å². The fraction of sp³-hybridized carbons (Fsp3) is 0.600. The molecule has 2 heterocycles. The van der Waals surface area contributed by atoms with Gasteiger partial charge in [-0.05, 0) is 46.2 Å². The van der Waals surface area contributed by atoms with Crippen molar-refractivity contribution < 1.29 is 9.59 Å². The van der Waals surface area contributed by atoms with Crippen molar-refractivity contribution in [3.63, 3.8) is 0 Å². The molecule has 0 spiro atoms. The van der Waals surface area contributed by atoms with Crippen LogP contribution in [0.5, 0.6) is 0 Å². The first-order valence-corrected chi connectivity index (χ1v) is 7.12. The van der Waals surface area contributed by atoms with Gasteiger partial charge in [-0.25, -0.2) is 0 Å². The van der Waals surface area contributed by atoms with Crippen molar-refractivity contribution in [2.24, 2.45) is 0 Å². The SMILES string of the molecule is CNC1CCCN(C(=O)c2[nH]c(C)c(C(C)=O)c2C)C1.Cl. The minimum absolute atomic E-state index is 0. The first kappa shape index (κ1) is 17.7. The standard InChI is InChI=1S/C15H23N3O2.ClH/c1-9-13(11(3)19)10(2)17-14(9)15(20)18-7-5-6-12(8-18)16-4;/h12,16-17H,5-8H2,1-4H3;1H. The van der Waals surface area contributed by atoms with Crippen LogP contribution in [0.25, 0.3) is 0 Å². The number of ketones is 1. The van der Waals surface area contributed by atoms with Crippen LogP contribution in [0.2, 0.25) is 0 Å². The van der Waals surface area contributed by atoms with Gasteiger partial charge < -0.3 is 15.2 Å². The first-order valence-electron chi connectivity index (χ1n) is 7.12. The van der Waals surface area contributed by atoms with Crippen LogP contribution < -0.4 is 5.32 Å². The molecular weight excluding hydrogens is 290 g/mol. The number of nitrogens with zero attached hydrogens (tertiary/aromatic N) is 1. The molecular formula is C15H24ClN3O2. The van der Waals surface area contributed by atoms with Gasteiger partial charge in [-0.1, -0.05) is 0 Å². The summed E-state index contributed by atoms with van der Waals surface area (Å²) < 4.78 is 0. The second-order valence-electron chi connectivity index (χ2n) is 5.56. The van der Waals surface area contributed by atoms with Crippen LogP contribution in [-0.4, -0.2) is 47.8 Å². The highest BCUT2D eigenvalue weighted by molar-refractivity contribution is 6.02. The summed E-state index contributed by atoms with van der Waals surface area (Å²) in [6, 6.07) is 0.358. The molecule has 1 atom stereocenters. The quantitative estimate of drug-likeness (QED) is 0.840. The fourth-order valence-corrected chi connectivity index (χ4v) is 3.05. The summed E-state index contributed by atoms with van der Waals surface area (Å²) in [5.74, 6) is 0.0000885. The van der Waals surface area contributed by atoms with E-state index in [4.69, 9.17) is 0 Å². The van der Waals surface area contributed by atoms with Gasteiger partial charge >= 0.3 is 0 Å². The molecule has 6 heteroatoms. The van der Waals surface area contributed by atoms with E-state index in [1.807, 2.05) is 25.8 Å². The Bertz CT molecular complexity index is 539. The maximum Gasteiger partial charge on any atom is 0.270 e. The van der Waals surface area contributed by atoms with Gasteiger partial charge in [-0.15, -0.1) is 12.4 Å². The average molecular weight is 314 g/mol. The highest BCUT2D eigenvalue weighted by atomic mass is 35.5. The van der Waals surface area contributed by atoms with E-state index >= 15 is 0 Å². The highest BCUT2D eigenvalue weighted by Crippen LogP contribution is 2.21. The van der Waals surface area contributed by atoms with Crippen molar-refractivity contribution in [3.8, 4) is 0 Å². The largest absolute Gasteiger partial charge is 0.354 e. The molecule has 118 valence electrons. The normalized spacial score (nSPS) is 18.3. The number of hydrogen-bond donors (Lipinski definition) is 2. The number of aromatic amines is 1. The monoisotopic (exact) mass is 313 g/mol. The molecule has 21 heavy (non-hydrogen) atoms. The van der Waals surface area contributed by atoms with Crippen molar-refractivity contribution >= 4 is 24.1 Å². The van der Waals surface area contributed by atoms with E-state index in [0.29, 0.717) is 17.3 Å². The molecule has 0 saturated carbocycles. The Kier molecular flexibility index (Phi) is 5.98. The number of carbonyl (C=O) groups excluding carboxylic acids is 2. The minimum Gasteiger partial charge on any atom is -0.354 e. The minimum atomic E-state index is -0.00181. The Morgan fingerprint density at radius 1 is 1.33 bits per heavy atom. The maximum absolute atomic E-state index is 12.6. The lowest BCUT2D eigenvalue weighted by Crippen LogP contribution is -2.47. The number of halogens is 1. The summed E-state index contributed by atoms with van der Waals surface area (Å²) in [7, 11) is 1.93. The van der Waals surface area contributed by atoms with Gasteiger partial charge in [0.15, 0.2) is 5.78 Å². The second-order valence-corrected chi connectivity index (χ2v) is 5.56. The zero-order valence-corrected chi connectivity index (χ0v) is 13.9. The third-order valence-electron chi connectivity index (χ3n) is 4.12. The molecule has 1 aromatic heterocycles. The molecule has 1 aliphatic rings. The van der Waals surface area contributed by atoms with E-state index in [-0.39, 0.29) is 24.1 Å². The van der Waals surface area contributed by atoms with E-state index in [0.717, 1.165) is 37.2 Å².